The number of amides is 1. The van der Waals surface area contributed by atoms with E-state index in [0.717, 1.165) is 17.1 Å². The number of fused-ring (bicyclic) bond motifs is 1. The van der Waals surface area contributed by atoms with Crippen molar-refractivity contribution in [3.05, 3.63) is 81.7 Å². The van der Waals surface area contributed by atoms with Gasteiger partial charge < -0.3 is 19.0 Å². The number of rotatable bonds is 5. The Hall–Kier alpha value is -4.20. The van der Waals surface area contributed by atoms with E-state index in [0.29, 0.717) is 49.5 Å². The highest BCUT2D eigenvalue weighted by Crippen LogP contribution is 2.26. The molecule has 3 heterocycles. The summed E-state index contributed by atoms with van der Waals surface area (Å²) in [7, 11) is 0. The van der Waals surface area contributed by atoms with Gasteiger partial charge in [0.05, 0.1) is 12.3 Å². The van der Waals surface area contributed by atoms with Crippen molar-refractivity contribution >= 4 is 22.7 Å². The molecule has 0 saturated carbocycles. The number of hydrogen-bond donors (Lipinski definition) is 0. The zero-order valence-corrected chi connectivity index (χ0v) is 20.7. The van der Waals surface area contributed by atoms with Gasteiger partial charge in [-0.15, -0.1) is 10.2 Å². The number of carbonyl (C=O) groups excluding carboxylic acids is 1. The number of anilines is 1. The van der Waals surface area contributed by atoms with E-state index in [-0.39, 0.29) is 11.5 Å². The van der Waals surface area contributed by atoms with Gasteiger partial charge in [-0.05, 0) is 62.2 Å². The summed E-state index contributed by atoms with van der Waals surface area (Å²) in [6.45, 7) is 8.61. The van der Waals surface area contributed by atoms with Gasteiger partial charge >= 0.3 is 5.63 Å². The van der Waals surface area contributed by atoms with Gasteiger partial charge in [-0.25, -0.2) is 4.79 Å². The first-order valence-electron chi connectivity index (χ1n) is 12.1. The molecule has 36 heavy (non-hydrogen) atoms. The molecule has 0 radical (unpaired) electrons. The molecule has 8 heteroatoms. The van der Waals surface area contributed by atoms with Crippen LogP contribution >= 0.6 is 0 Å². The van der Waals surface area contributed by atoms with Crippen LogP contribution in [0.5, 0.6) is 5.75 Å². The fourth-order valence-electron chi connectivity index (χ4n) is 4.39. The lowest BCUT2D eigenvalue weighted by Gasteiger charge is -2.35. The summed E-state index contributed by atoms with van der Waals surface area (Å²) in [6, 6.07) is 17.1. The van der Waals surface area contributed by atoms with Gasteiger partial charge in [0.15, 0.2) is 17.2 Å². The molecule has 0 atom stereocenters. The third kappa shape index (κ3) is 4.54. The molecule has 8 nitrogen and oxygen atoms in total. The molecule has 2 aromatic carbocycles. The second-order valence-corrected chi connectivity index (χ2v) is 8.91. The highest BCUT2D eigenvalue weighted by atomic mass is 16.5. The second kappa shape index (κ2) is 9.81. The standard InChI is InChI=1S/C28H28N4O4/c1-4-35-24-7-5-6-21-17-22(28(34)36-26(21)24)27(33)32-14-12-31(13-15-32)25-11-10-23(29-30-25)20-9-8-18(2)19(3)16-20/h5-11,16-17H,4,12-15H2,1-3H3. The van der Waals surface area contributed by atoms with E-state index in [4.69, 9.17) is 9.15 Å². The zero-order valence-electron chi connectivity index (χ0n) is 20.7. The molecule has 5 rings (SSSR count). The summed E-state index contributed by atoms with van der Waals surface area (Å²) in [5, 5.41) is 9.50. The van der Waals surface area contributed by atoms with Gasteiger partial charge in [0.2, 0.25) is 0 Å². The van der Waals surface area contributed by atoms with Crippen LogP contribution < -0.4 is 15.3 Å². The van der Waals surface area contributed by atoms with Crippen molar-refractivity contribution in [3.63, 3.8) is 0 Å². The van der Waals surface area contributed by atoms with Gasteiger partial charge in [0, 0.05) is 37.1 Å². The lowest BCUT2D eigenvalue weighted by molar-refractivity contribution is 0.0742. The molecule has 1 aliphatic rings. The predicted molar refractivity (Wildman–Crippen MR) is 139 cm³/mol. The predicted octanol–water partition coefficient (Wildman–Crippen LogP) is 4.23. The third-order valence-corrected chi connectivity index (χ3v) is 6.60. The van der Waals surface area contributed by atoms with E-state index in [1.807, 2.05) is 25.1 Å². The van der Waals surface area contributed by atoms with Crippen molar-refractivity contribution in [2.24, 2.45) is 0 Å². The summed E-state index contributed by atoms with van der Waals surface area (Å²) in [4.78, 5) is 29.6. The van der Waals surface area contributed by atoms with Crippen LogP contribution in [0.2, 0.25) is 0 Å². The Kier molecular flexibility index (Phi) is 6.41. The Labute approximate surface area is 209 Å². The van der Waals surface area contributed by atoms with E-state index >= 15 is 0 Å². The van der Waals surface area contributed by atoms with E-state index < -0.39 is 5.63 Å². The number of para-hydroxylation sites is 1. The maximum atomic E-state index is 13.2. The lowest BCUT2D eigenvalue weighted by atomic mass is 10.0. The van der Waals surface area contributed by atoms with Gasteiger partial charge in [0.1, 0.15) is 5.56 Å². The molecule has 0 spiro atoms. The molecule has 1 saturated heterocycles. The first-order valence-corrected chi connectivity index (χ1v) is 12.1. The molecule has 1 aliphatic heterocycles. The van der Waals surface area contributed by atoms with E-state index in [1.54, 1.807) is 23.1 Å². The molecular formula is C28H28N4O4. The highest BCUT2D eigenvalue weighted by Gasteiger charge is 2.26. The molecule has 0 bridgehead atoms. The van der Waals surface area contributed by atoms with Crippen molar-refractivity contribution in [3.8, 4) is 17.0 Å². The van der Waals surface area contributed by atoms with Crippen molar-refractivity contribution in [1.82, 2.24) is 15.1 Å². The van der Waals surface area contributed by atoms with Crippen LogP contribution in [0.15, 0.2) is 63.8 Å². The molecule has 0 N–H and O–H groups in total. The SMILES string of the molecule is CCOc1cccc2cc(C(=O)N3CCN(c4ccc(-c5ccc(C)c(C)c5)nn4)CC3)c(=O)oc12. The van der Waals surface area contributed by atoms with E-state index in [2.05, 4.69) is 47.1 Å². The number of ether oxygens (including phenoxy) is 1. The monoisotopic (exact) mass is 484 g/mol. The fourth-order valence-corrected chi connectivity index (χ4v) is 4.39. The number of benzene rings is 2. The van der Waals surface area contributed by atoms with Crippen LogP contribution in [0.3, 0.4) is 0 Å². The fraction of sp³-hybridized carbons (Fsp3) is 0.286. The summed E-state index contributed by atoms with van der Waals surface area (Å²) in [5.41, 5.74) is 4.05. The number of piperazine rings is 1. The van der Waals surface area contributed by atoms with Crippen LogP contribution in [0.4, 0.5) is 5.82 Å². The maximum absolute atomic E-state index is 13.2. The van der Waals surface area contributed by atoms with Crippen molar-refractivity contribution in [2.75, 3.05) is 37.7 Å². The maximum Gasteiger partial charge on any atom is 0.349 e. The largest absolute Gasteiger partial charge is 0.490 e. The van der Waals surface area contributed by atoms with Crippen molar-refractivity contribution in [1.29, 1.82) is 0 Å². The molecule has 2 aromatic heterocycles. The Morgan fingerprint density at radius 1 is 0.972 bits per heavy atom. The number of aromatic nitrogens is 2. The Balaban J connectivity index is 1.27. The molecular weight excluding hydrogens is 456 g/mol. The summed E-state index contributed by atoms with van der Waals surface area (Å²) < 4.78 is 11.0. The van der Waals surface area contributed by atoms with Crippen LogP contribution in [0.1, 0.15) is 28.4 Å². The number of carbonyl (C=O) groups is 1. The van der Waals surface area contributed by atoms with Crippen LogP contribution in [-0.2, 0) is 0 Å². The van der Waals surface area contributed by atoms with E-state index in [9.17, 15) is 9.59 Å². The Bertz CT molecular complexity index is 1470. The topological polar surface area (TPSA) is 88.8 Å². The molecule has 184 valence electrons. The van der Waals surface area contributed by atoms with Crippen molar-refractivity contribution in [2.45, 2.75) is 20.8 Å². The molecule has 4 aromatic rings. The third-order valence-electron chi connectivity index (χ3n) is 6.60. The quantitative estimate of drug-likeness (QED) is 0.392. The van der Waals surface area contributed by atoms with E-state index in [1.165, 1.54) is 11.1 Å². The number of hydrogen-bond acceptors (Lipinski definition) is 7. The average molecular weight is 485 g/mol. The minimum Gasteiger partial charge on any atom is -0.490 e. The van der Waals surface area contributed by atoms with Crippen molar-refractivity contribution < 1.29 is 13.9 Å². The van der Waals surface area contributed by atoms with Crippen LogP contribution in [0.25, 0.3) is 22.2 Å². The zero-order chi connectivity index (χ0) is 25.2. The van der Waals surface area contributed by atoms with Gasteiger partial charge in [-0.2, -0.15) is 0 Å². The Morgan fingerprint density at radius 3 is 2.47 bits per heavy atom. The second-order valence-electron chi connectivity index (χ2n) is 8.91. The lowest BCUT2D eigenvalue weighted by Crippen LogP contribution is -2.49. The molecule has 1 fully saturated rings. The molecule has 0 aliphatic carbocycles. The molecule has 1 amide bonds. The Morgan fingerprint density at radius 2 is 1.78 bits per heavy atom. The summed E-state index contributed by atoms with van der Waals surface area (Å²) in [5.74, 6) is 0.927. The van der Waals surface area contributed by atoms with Gasteiger partial charge in [-0.3, -0.25) is 4.79 Å². The van der Waals surface area contributed by atoms with Crippen LogP contribution in [-0.4, -0.2) is 53.8 Å². The number of nitrogens with zero attached hydrogens (tertiary/aromatic N) is 4. The summed E-state index contributed by atoms with van der Waals surface area (Å²) in [6.07, 6.45) is 0. The summed E-state index contributed by atoms with van der Waals surface area (Å²) >= 11 is 0. The number of aryl methyl sites for hydroxylation is 2. The highest BCUT2D eigenvalue weighted by molar-refractivity contribution is 5.97. The minimum absolute atomic E-state index is 0.0298. The first kappa shape index (κ1) is 23.5. The average Bonchev–Trinajstić information content (AvgIpc) is 2.90. The molecule has 0 unspecified atom stereocenters. The van der Waals surface area contributed by atoms with Gasteiger partial charge in [-0.1, -0.05) is 24.3 Å². The van der Waals surface area contributed by atoms with Crippen LogP contribution in [0, 0.1) is 13.8 Å². The normalized spacial score (nSPS) is 13.8. The minimum atomic E-state index is -0.658. The first-order chi connectivity index (χ1) is 17.4. The van der Waals surface area contributed by atoms with Gasteiger partial charge in [0.25, 0.3) is 5.91 Å². The smallest absolute Gasteiger partial charge is 0.349 e.